The third-order valence-corrected chi connectivity index (χ3v) is 4.21. The number of fused-ring (bicyclic) bond motifs is 1. The molecule has 2 aromatic carbocycles. The Morgan fingerprint density at radius 1 is 1.31 bits per heavy atom. The molecular weight excluding hydrogens is 357 g/mol. The van der Waals surface area contributed by atoms with Gasteiger partial charge in [-0.1, -0.05) is 30.3 Å². The van der Waals surface area contributed by atoms with Crippen molar-refractivity contribution in [3.05, 3.63) is 47.8 Å². The van der Waals surface area contributed by atoms with E-state index in [9.17, 15) is 14.3 Å². The van der Waals surface area contributed by atoms with E-state index in [0.29, 0.717) is 5.56 Å². The molecule has 26 heavy (non-hydrogen) atoms. The Bertz CT molecular complexity index is 992. The molecule has 1 aromatic heterocycles. The van der Waals surface area contributed by atoms with Gasteiger partial charge < -0.3 is 14.6 Å². The summed E-state index contributed by atoms with van der Waals surface area (Å²) in [4.78, 5) is 16.3. The topological polar surface area (TPSA) is 68.7 Å². The number of hydrogen-bond donors (Lipinski definition) is 2. The number of benzene rings is 2. The van der Waals surface area contributed by atoms with Gasteiger partial charge in [0.25, 0.3) is 0 Å². The number of esters is 1. The molecule has 0 aliphatic heterocycles. The summed E-state index contributed by atoms with van der Waals surface area (Å²) in [7, 11) is 1.39. The second-order valence-electron chi connectivity index (χ2n) is 5.41. The Labute approximate surface area is 154 Å². The van der Waals surface area contributed by atoms with Gasteiger partial charge in [-0.25, -0.2) is 14.2 Å². The lowest BCUT2D eigenvalue weighted by Crippen LogP contribution is -2.08. The Morgan fingerprint density at radius 2 is 2.00 bits per heavy atom. The van der Waals surface area contributed by atoms with Crippen LogP contribution in [0.3, 0.4) is 0 Å². The summed E-state index contributed by atoms with van der Waals surface area (Å²) in [5, 5.41) is 10.5. The van der Waals surface area contributed by atoms with Crippen LogP contribution < -0.4 is 4.74 Å². The number of carbonyl (C=O) groups excluding carboxylic acids is 1. The Morgan fingerprint density at radius 3 is 2.62 bits per heavy atom. The lowest BCUT2D eigenvalue weighted by Gasteiger charge is -2.15. The summed E-state index contributed by atoms with van der Waals surface area (Å²) in [6.07, 6.45) is 0. The fraction of sp³-hybridized carbons (Fsp3) is 0.158. The Hall–Kier alpha value is -2.80. The lowest BCUT2D eigenvalue weighted by atomic mass is 10.00. The van der Waals surface area contributed by atoms with Crippen molar-refractivity contribution in [1.29, 1.82) is 0 Å². The number of ether oxygens (including phenoxy) is 2. The average molecular weight is 373 g/mol. The van der Waals surface area contributed by atoms with Crippen LogP contribution in [0.15, 0.2) is 41.4 Å². The number of pyridine rings is 1. The first kappa shape index (κ1) is 18.0. The summed E-state index contributed by atoms with van der Waals surface area (Å²) in [6.45, 7) is 1.75. The predicted molar refractivity (Wildman–Crippen MR) is 98.6 cm³/mol. The summed E-state index contributed by atoms with van der Waals surface area (Å²) in [5.41, 5.74) is 0.796. The number of thiol groups is 1. The van der Waals surface area contributed by atoms with Crippen LogP contribution in [-0.4, -0.2) is 29.8 Å². The largest absolute Gasteiger partial charge is 0.506 e. The number of aromatic hydroxyl groups is 1. The van der Waals surface area contributed by atoms with E-state index < -0.39 is 17.5 Å². The smallest absolute Gasteiger partial charge is 0.344 e. The highest BCUT2D eigenvalue weighted by Crippen LogP contribution is 2.42. The first-order valence-corrected chi connectivity index (χ1v) is 8.29. The molecule has 0 saturated heterocycles. The van der Waals surface area contributed by atoms with Gasteiger partial charge in [-0.05, 0) is 18.6 Å². The van der Waals surface area contributed by atoms with Gasteiger partial charge >= 0.3 is 5.97 Å². The van der Waals surface area contributed by atoms with Crippen LogP contribution in [0.5, 0.6) is 11.5 Å². The fourth-order valence-electron chi connectivity index (χ4n) is 2.77. The summed E-state index contributed by atoms with van der Waals surface area (Å²) in [6, 6.07) is 9.96. The van der Waals surface area contributed by atoms with Crippen LogP contribution in [0.2, 0.25) is 0 Å². The molecule has 0 unspecified atom stereocenters. The van der Waals surface area contributed by atoms with Crippen molar-refractivity contribution in [2.45, 2.75) is 11.9 Å². The molecule has 3 aromatic rings. The Balaban J connectivity index is 2.36. The van der Waals surface area contributed by atoms with Crippen LogP contribution >= 0.6 is 12.6 Å². The van der Waals surface area contributed by atoms with E-state index in [-0.39, 0.29) is 39.4 Å². The molecule has 1 N–H and O–H groups in total. The third-order valence-electron chi connectivity index (χ3n) is 3.89. The maximum Gasteiger partial charge on any atom is 0.344 e. The first-order chi connectivity index (χ1) is 12.5. The zero-order chi connectivity index (χ0) is 18.8. The molecule has 0 bridgehead atoms. The molecule has 0 radical (unpaired) electrons. The van der Waals surface area contributed by atoms with Crippen LogP contribution in [0, 0.1) is 5.82 Å². The highest BCUT2D eigenvalue weighted by Gasteiger charge is 2.25. The minimum Gasteiger partial charge on any atom is -0.506 e. The average Bonchev–Trinajstić information content (AvgIpc) is 2.62. The number of aromatic nitrogens is 1. The molecule has 0 atom stereocenters. The third kappa shape index (κ3) is 2.94. The van der Waals surface area contributed by atoms with Crippen LogP contribution in [0.25, 0.3) is 22.0 Å². The number of carbonyl (C=O) groups is 1. The zero-order valence-corrected chi connectivity index (χ0v) is 15.0. The standard InChI is InChI=1S/C19H16FNO4S/c1-3-25-19(23)14-16(22)11-9-12(20)13(10-7-5-4-6-8-10)17(24-2)15(11)21-18(14)26/h4-9H,3H2,1-2H3,(H2,21,22,26). The van der Waals surface area contributed by atoms with Crippen molar-refractivity contribution < 1.29 is 23.8 Å². The van der Waals surface area contributed by atoms with Crippen molar-refractivity contribution in [1.82, 2.24) is 4.98 Å². The number of halogens is 1. The van der Waals surface area contributed by atoms with Gasteiger partial charge in [-0.15, -0.1) is 12.6 Å². The van der Waals surface area contributed by atoms with Gasteiger partial charge in [-0.2, -0.15) is 0 Å². The van der Waals surface area contributed by atoms with Crippen LogP contribution in [0.4, 0.5) is 4.39 Å². The quantitative estimate of drug-likeness (QED) is 0.529. The minimum absolute atomic E-state index is 0.0302. The van der Waals surface area contributed by atoms with E-state index in [2.05, 4.69) is 17.6 Å². The number of nitrogens with zero attached hydrogens (tertiary/aromatic N) is 1. The van der Waals surface area contributed by atoms with Gasteiger partial charge in [0.2, 0.25) is 0 Å². The molecule has 0 aliphatic rings. The molecular formula is C19H16FNO4S. The maximum atomic E-state index is 14.9. The molecule has 0 spiro atoms. The summed E-state index contributed by atoms with van der Waals surface area (Å²) < 4.78 is 25.2. The van der Waals surface area contributed by atoms with Gasteiger partial charge in [-0.3, -0.25) is 0 Å². The van der Waals surface area contributed by atoms with Crippen molar-refractivity contribution in [2.75, 3.05) is 13.7 Å². The molecule has 0 amide bonds. The Kier molecular flexibility index (Phi) is 4.99. The first-order valence-electron chi connectivity index (χ1n) is 7.84. The fourth-order valence-corrected chi connectivity index (χ4v) is 3.07. The molecule has 0 fully saturated rings. The molecule has 0 saturated carbocycles. The van der Waals surface area contributed by atoms with Crippen molar-refractivity contribution in [2.24, 2.45) is 0 Å². The van der Waals surface area contributed by atoms with Crippen molar-refractivity contribution in [3.63, 3.8) is 0 Å². The van der Waals surface area contributed by atoms with Gasteiger partial charge in [0.15, 0.2) is 5.75 Å². The SMILES string of the molecule is CCOC(=O)c1c(S)nc2c(OC)c(-c3ccccc3)c(F)cc2c1O. The monoisotopic (exact) mass is 373 g/mol. The minimum atomic E-state index is -0.782. The number of methoxy groups -OCH3 is 1. The van der Waals surface area contributed by atoms with Crippen LogP contribution in [-0.2, 0) is 4.74 Å². The van der Waals surface area contributed by atoms with Gasteiger partial charge in [0.05, 0.1) is 19.3 Å². The second kappa shape index (κ2) is 7.21. The van der Waals surface area contributed by atoms with E-state index in [0.717, 1.165) is 6.07 Å². The van der Waals surface area contributed by atoms with E-state index in [4.69, 9.17) is 9.47 Å². The molecule has 3 rings (SSSR count). The molecule has 1 heterocycles. The molecule has 5 nitrogen and oxygen atoms in total. The van der Waals surface area contributed by atoms with Crippen molar-refractivity contribution >= 4 is 29.5 Å². The number of rotatable bonds is 4. The highest BCUT2D eigenvalue weighted by molar-refractivity contribution is 7.80. The molecule has 7 heteroatoms. The molecule has 0 aliphatic carbocycles. The van der Waals surface area contributed by atoms with Gasteiger partial charge in [0.1, 0.15) is 27.7 Å². The number of hydrogen-bond acceptors (Lipinski definition) is 6. The zero-order valence-electron chi connectivity index (χ0n) is 14.1. The van der Waals surface area contributed by atoms with E-state index in [1.807, 2.05) is 6.07 Å². The lowest BCUT2D eigenvalue weighted by molar-refractivity contribution is 0.0518. The summed E-state index contributed by atoms with van der Waals surface area (Å²) in [5.74, 6) is -1.70. The van der Waals surface area contributed by atoms with E-state index in [1.54, 1.807) is 31.2 Å². The normalized spacial score (nSPS) is 10.8. The van der Waals surface area contributed by atoms with E-state index in [1.165, 1.54) is 7.11 Å². The van der Waals surface area contributed by atoms with E-state index >= 15 is 0 Å². The maximum absolute atomic E-state index is 14.9. The highest BCUT2D eigenvalue weighted by atomic mass is 32.1. The summed E-state index contributed by atoms with van der Waals surface area (Å²) >= 11 is 4.19. The van der Waals surface area contributed by atoms with Crippen LogP contribution in [0.1, 0.15) is 17.3 Å². The molecule has 134 valence electrons. The van der Waals surface area contributed by atoms with Crippen molar-refractivity contribution in [3.8, 4) is 22.6 Å². The van der Waals surface area contributed by atoms with Gasteiger partial charge in [0, 0.05) is 5.39 Å². The predicted octanol–water partition coefficient (Wildman–Crippen LogP) is 4.22. The second-order valence-corrected chi connectivity index (χ2v) is 5.83.